The Balaban J connectivity index is 2.02. The van der Waals surface area contributed by atoms with Gasteiger partial charge in [0.05, 0.1) is 5.51 Å². The normalized spacial score (nSPS) is 10.7. The van der Waals surface area contributed by atoms with Crippen LogP contribution in [-0.2, 0) is 0 Å². The molecule has 0 atom stereocenters. The third kappa shape index (κ3) is 1.53. The third-order valence-electron chi connectivity index (χ3n) is 1.73. The lowest BCUT2D eigenvalue weighted by Gasteiger charge is -1.89. The van der Waals surface area contributed by atoms with E-state index < -0.39 is 0 Å². The summed E-state index contributed by atoms with van der Waals surface area (Å²) in [6.45, 7) is 0. The Labute approximate surface area is 92.2 Å². The number of hydrogen-bond acceptors (Lipinski definition) is 7. The molecule has 0 aliphatic carbocycles. The highest BCUT2D eigenvalue weighted by Crippen LogP contribution is 2.22. The monoisotopic (exact) mass is 236 g/mol. The Morgan fingerprint density at radius 3 is 2.93 bits per heavy atom. The lowest BCUT2D eigenvalue weighted by molar-refractivity contribution is 0.784. The van der Waals surface area contributed by atoms with Gasteiger partial charge >= 0.3 is 0 Å². The SMILES string of the molecule is c1nc(-c2csc(-n3cnnn3)n2)cs1. The van der Waals surface area contributed by atoms with Gasteiger partial charge in [0, 0.05) is 10.8 Å². The van der Waals surface area contributed by atoms with Crippen LogP contribution in [0.1, 0.15) is 0 Å². The maximum Gasteiger partial charge on any atom is 0.213 e. The largest absolute Gasteiger partial charge is 0.243 e. The quantitative estimate of drug-likeness (QED) is 0.669. The van der Waals surface area contributed by atoms with Crippen molar-refractivity contribution in [3.05, 3.63) is 22.6 Å². The summed E-state index contributed by atoms with van der Waals surface area (Å²) in [4.78, 5) is 8.56. The standard InChI is InChI=1S/C7H4N6S2/c1-5(8-4-14-1)6-2-15-7(10-6)13-3-9-11-12-13/h1-4H. The minimum absolute atomic E-state index is 0.739. The molecule has 74 valence electrons. The number of aromatic nitrogens is 6. The molecular formula is C7H4N6S2. The van der Waals surface area contributed by atoms with Crippen molar-refractivity contribution in [3.8, 4) is 16.5 Å². The lowest BCUT2D eigenvalue weighted by Crippen LogP contribution is -1.93. The minimum Gasteiger partial charge on any atom is -0.243 e. The van der Waals surface area contributed by atoms with Crippen molar-refractivity contribution in [3.63, 3.8) is 0 Å². The predicted molar refractivity (Wildman–Crippen MR) is 55.9 cm³/mol. The van der Waals surface area contributed by atoms with Gasteiger partial charge in [-0.2, -0.15) is 4.68 Å². The number of tetrazole rings is 1. The van der Waals surface area contributed by atoms with Gasteiger partial charge in [-0.05, 0) is 10.4 Å². The zero-order chi connectivity index (χ0) is 10.1. The second-order valence-corrected chi connectivity index (χ2v) is 4.20. The summed E-state index contributed by atoms with van der Waals surface area (Å²) in [6.07, 6.45) is 1.52. The molecule has 0 radical (unpaired) electrons. The van der Waals surface area contributed by atoms with Gasteiger partial charge in [0.15, 0.2) is 0 Å². The van der Waals surface area contributed by atoms with Crippen molar-refractivity contribution >= 4 is 22.7 Å². The lowest BCUT2D eigenvalue weighted by atomic mass is 10.4. The van der Waals surface area contributed by atoms with Crippen molar-refractivity contribution in [2.75, 3.05) is 0 Å². The molecule has 0 aliphatic rings. The van der Waals surface area contributed by atoms with Crippen molar-refractivity contribution in [1.29, 1.82) is 0 Å². The minimum atomic E-state index is 0.739. The van der Waals surface area contributed by atoms with Gasteiger partial charge in [-0.3, -0.25) is 0 Å². The summed E-state index contributed by atoms with van der Waals surface area (Å²) in [5, 5.41) is 15.5. The van der Waals surface area contributed by atoms with Crippen LogP contribution in [0.25, 0.3) is 16.5 Å². The molecule has 3 rings (SSSR count). The summed E-state index contributed by atoms with van der Waals surface area (Å²) in [5.74, 6) is 0. The van der Waals surface area contributed by atoms with E-state index in [4.69, 9.17) is 0 Å². The van der Waals surface area contributed by atoms with Crippen molar-refractivity contribution in [2.45, 2.75) is 0 Å². The Morgan fingerprint density at radius 1 is 1.20 bits per heavy atom. The Bertz CT molecular complexity index is 491. The summed E-state index contributed by atoms with van der Waals surface area (Å²) < 4.78 is 1.53. The molecule has 15 heavy (non-hydrogen) atoms. The first-order valence-corrected chi connectivity index (χ1v) is 5.83. The molecule has 0 saturated carbocycles. The summed E-state index contributed by atoms with van der Waals surface area (Å²) in [6, 6.07) is 0. The van der Waals surface area contributed by atoms with E-state index in [1.54, 1.807) is 16.8 Å². The second-order valence-electron chi connectivity index (χ2n) is 2.64. The first-order chi connectivity index (χ1) is 7.43. The van der Waals surface area contributed by atoms with Crippen LogP contribution in [0.3, 0.4) is 0 Å². The van der Waals surface area contributed by atoms with Crippen LogP contribution < -0.4 is 0 Å². The van der Waals surface area contributed by atoms with Gasteiger partial charge in [0.2, 0.25) is 5.13 Å². The molecule has 0 aliphatic heterocycles. The second kappa shape index (κ2) is 3.48. The molecular weight excluding hydrogens is 232 g/mol. The van der Waals surface area contributed by atoms with Gasteiger partial charge in [-0.15, -0.1) is 27.8 Å². The van der Waals surface area contributed by atoms with E-state index >= 15 is 0 Å². The number of hydrogen-bond donors (Lipinski definition) is 0. The molecule has 0 fully saturated rings. The van der Waals surface area contributed by atoms with Crippen LogP contribution in [0, 0.1) is 0 Å². The molecule has 0 unspecified atom stereocenters. The van der Waals surface area contributed by atoms with Crippen molar-refractivity contribution in [2.24, 2.45) is 0 Å². The third-order valence-corrected chi connectivity index (χ3v) is 3.15. The van der Waals surface area contributed by atoms with E-state index in [1.165, 1.54) is 22.3 Å². The summed E-state index contributed by atoms with van der Waals surface area (Å²) in [7, 11) is 0. The van der Waals surface area contributed by atoms with Gasteiger partial charge < -0.3 is 0 Å². The van der Waals surface area contributed by atoms with Gasteiger partial charge in [-0.1, -0.05) is 0 Å². The van der Waals surface area contributed by atoms with Gasteiger partial charge in [0.25, 0.3) is 0 Å². The first kappa shape index (κ1) is 8.62. The highest BCUT2D eigenvalue weighted by Gasteiger charge is 2.07. The molecule has 3 heterocycles. The fraction of sp³-hybridized carbons (Fsp3) is 0. The first-order valence-electron chi connectivity index (χ1n) is 4.01. The zero-order valence-corrected chi connectivity index (χ0v) is 8.94. The molecule has 3 aromatic rings. The molecule has 0 amide bonds. The van der Waals surface area contributed by atoms with Crippen molar-refractivity contribution in [1.82, 2.24) is 30.2 Å². The van der Waals surface area contributed by atoms with E-state index in [2.05, 4.69) is 25.5 Å². The van der Waals surface area contributed by atoms with Gasteiger partial charge in [0.1, 0.15) is 17.7 Å². The fourth-order valence-corrected chi connectivity index (χ4v) is 2.35. The number of rotatable bonds is 2. The molecule has 6 nitrogen and oxygen atoms in total. The summed E-state index contributed by atoms with van der Waals surface area (Å²) >= 11 is 3.03. The van der Waals surface area contributed by atoms with Crippen LogP contribution in [0.2, 0.25) is 0 Å². The summed E-state index contributed by atoms with van der Waals surface area (Å²) in [5.41, 5.74) is 3.52. The molecule has 8 heteroatoms. The molecule has 0 bridgehead atoms. The van der Waals surface area contributed by atoms with E-state index in [9.17, 15) is 0 Å². The average Bonchev–Trinajstić information content (AvgIpc) is 3.02. The van der Waals surface area contributed by atoms with E-state index in [0.717, 1.165) is 16.5 Å². The number of nitrogens with zero attached hydrogens (tertiary/aromatic N) is 6. The van der Waals surface area contributed by atoms with Crippen LogP contribution in [0.5, 0.6) is 0 Å². The maximum absolute atomic E-state index is 4.38. The zero-order valence-electron chi connectivity index (χ0n) is 7.31. The van der Waals surface area contributed by atoms with E-state index in [0.29, 0.717) is 0 Å². The van der Waals surface area contributed by atoms with Crippen LogP contribution in [-0.4, -0.2) is 30.2 Å². The average molecular weight is 236 g/mol. The van der Waals surface area contributed by atoms with Crippen LogP contribution in [0.15, 0.2) is 22.6 Å². The van der Waals surface area contributed by atoms with E-state index in [1.807, 2.05) is 10.8 Å². The van der Waals surface area contributed by atoms with Crippen LogP contribution >= 0.6 is 22.7 Å². The maximum atomic E-state index is 4.38. The molecule has 3 aromatic heterocycles. The fourth-order valence-electron chi connectivity index (χ4n) is 1.08. The molecule has 0 spiro atoms. The highest BCUT2D eigenvalue weighted by atomic mass is 32.1. The Morgan fingerprint density at radius 2 is 2.20 bits per heavy atom. The van der Waals surface area contributed by atoms with Crippen molar-refractivity contribution < 1.29 is 0 Å². The molecule has 0 N–H and O–H groups in total. The smallest absolute Gasteiger partial charge is 0.213 e. The Hall–Kier alpha value is -1.67. The van der Waals surface area contributed by atoms with Crippen LogP contribution in [0.4, 0.5) is 0 Å². The Kier molecular flexibility index (Phi) is 2.00. The predicted octanol–water partition coefficient (Wildman–Crippen LogP) is 1.24. The highest BCUT2D eigenvalue weighted by molar-refractivity contribution is 7.12. The van der Waals surface area contributed by atoms with E-state index in [-0.39, 0.29) is 0 Å². The molecule has 0 saturated heterocycles. The molecule has 0 aromatic carbocycles. The number of thiazole rings is 2. The topological polar surface area (TPSA) is 69.4 Å². The van der Waals surface area contributed by atoms with Gasteiger partial charge in [-0.25, -0.2) is 9.97 Å².